The number of halogens is 1. The SMILES string of the molecule is O=C(NC1CCC(O)CC1)C1CC1c1ccc(F)cc1. The lowest BCUT2D eigenvalue weighted by Crippen LogP contribution is -2.39. The lowest BCUT2D eigenvalue weighted by molar-refractivity contribution is -0.123. The van der Waals surface area contributed by atoms with Crippen LogP contribution in [0.5, 0.6) is 0 Å². The molecule has 2 unspecified atom stereocenters. The smallest absolute Gasteiger partial charge is 0.223 e. The molecule has 2 saturated carbocycles. The first-order valence-electron chi connectivity index (χ1n) is 7.37. The molecule has 3 nitrogen and oxygen atoms in total. The number of carbonyl (C=O) groups is 1. The van der Waals surface area contributed by atoms with Gasteiger partial charge in [-0.1, -0.05) is 12.1 Å². The predicted molar refractivity (Wildman–Crippen MR) is 73.7 cm³/mol. The summed E-state index contributed by atoms with van der Waals surface area (Å²) in [6.07, 6.45) is 3.93. The van der Waals surface area contributed by atoms with Gasteiger partial charge in [0.05, 0.1) is 6.10 Å². The summed E-state index contributed by atoms with van der Waals surface area (Å²) in [5, 5.41) is 12.5. The first kappa shape index (κ1) is 13.6. The van der Waals surface area contributed by atoms with E-state index in [0.29, 0.717) is 0 Å². The van der Waals surface area contributed by atoms with E-state index in [2.05, 4.69) is 5.32 Å². The van der Waals surface area contributed by atoms with E-state index in [1.807, 2.05) is 0 Å². The molecule has 1 aromatic carbocycles. The topological polar surface area (TPSA) is 49.3 Å². The molecule has 108 valence electrons. The number of nitrogens with one attached hydrogen (secondary N) is 1. The zero-order valence-corrected chi connectivity index (χ0v) is 11.4. The highest BCUT2D eigenvalue weighted by Gasteiger charge is 2.44. The summed E-state index contributed by atoms with van der Waals surface area (Å²) in [5.74, 6) is 0.147. The van der Waals surface area contributed by atoms with Crippen molar-refractivity contribution in [1.29, 1.82) is 0 Å². The highest BCUT2D eigenvalue weighted by atomic mass is 19.1. The molecular weight excluding hydrogens is 257 g/mol. The third-order valence-corrected chi connectivity index (χ3v) is 4.47. The lowest BCUT2D eigenvalue weighted by atomic mass is 9.93. The lowest BCUT2D eigenvalue weighted by Gasteiger charge is -2.26. The Morgan fingerprint density at radius 3 is 2.45 bits per heavy atom. The third kappa shape index (κ3) is 3.01. The Balaban J connectivity index is 1.51. The van der Waals surface area contributed by atoms with Gasteiger partial charge in [0.25, 0.3) is 0 Å². The number of hydrogen-bond donors (Lipinski definition) is 2. The Morgan fingerprint density at radius 2 is 1.80 bits per heavy atom. The van der Waals surface area contributed by atoms with Crippen LogP contribution in [0.4, 0.5) is 4.39 Å². The largest absolute Gasteiger partial charge is 0.393 e. The molecule has 2 N–H and O–H groups in total. The normalized spacial score (nSPS) is 32.7. The molecule has 0 bridgehead atoms. The summed E-state index contributed by atoms with van der Waals surface area (Å²) in [6.45, 7) is 0. The molecule has 2 aliphatic rings. The fourth-order valence-corrected chi connectivity index (χ4v) is 3.09. The van der Waals surface area contributed by atoms with Crippen molar-refractivity contribution in [2.24, 2.45) is 5.92 Å². The molecule has 0 saturated heterocycles. The standard InChI is InChI=1S/C16H20FNO2/c17-11-3-1-10(2-4-11)14-9-15(14)16(20)18-12-5-7-13(19)8-6-12/h1-4,12-15,19H,5-9H2,(H,18,20). The minimum atomic E-state index is -0.240. The first-order chi connectivity index (χ1) is 9.63. The fourth-order valence-electron chi connectivity index (χ4n) is 3.09. The molecule has 1 aromatic rings. The van der Waals surface area contributed by atoms with Gasteiger partial charge in [-0.25, -0.2) is 4.39 Å². The van der Waals surface area contributed by atoms with E-state index < -0.39 is 0 Å². The van der Waals surface area contributed by atoms with Crippen molar-refractivity contribution in [3.8, 4) is 0 Å². The van der Waals surface area contributed by atoms with Gasteiger partial charge in [-0.3, -0.25) is 4.79 Å². The van der Waals surface area contributed by atoms with Gasteiger partial charge in [0.2, 0.25) is 5.91 Å². The van der Waals surface area contributed by atoms with E-state index in [0.717, 1.165) is 37.7 Å². The van der Waals surface area contributed by atoms with Crippen molar-refractivity contribution in [2.45, 2.75) is 50.2 Å². The van der Waals surface area contributed by atoms with Gasteiger partial charge in [-0.15, -0.1) is 0 Å². The second-order valence-electron chi connectivity index (χ2n) is 6.01. The first-order valence-corrected chi connectivity index (χ1v) is 7.37. The van der Waals surface area contributed by atoms with Crippen LogP contribution in [0, 0.1) is 11.7 Å². The van der Waals surface area contributed by atoms with Crippen LogP contribution in [0.1, 0.15) is 43.6 Å². The van der Waals surface area contributed by atoms with Gasteiger partial charge in [-0.05, 0) is 55.7 Å². The maximum absolute atomic E-state index is 12.9. The van der Waals surface area contributed by atoms with Crippen molar-refractivity contribution >= 4 is 5.91 Å². The number of aliphatic hydroxyl groups is 1. The predicted octanol–water partition coefficient (Wildman–Crippen LogP) is 2.35. The Hall–Kier alpha value is -1.42. The molecule has 3 rings (SSSR count). The zero-order valence-electron chi connectivity index (χ0n) is 11.4. The number of amides is 1. The summed E-state index contributed by atoms with van der Waals surface area (Å²) in [5.41, 5.74) is 1.05. The number of aliphatic hydroxyl groups excluding tert-OH is 1. The molecule has 2 atom stereocenters. The second-order valence-corrected chi connectivity index (χ2v) is 6.01. The van der Waals surface area contributed by atoms with Crippen LogP contribution in [0.25, 0.3) is 0 Å². The minimum Gasteiger partial charge on any atom is -0.393 e. The van der Waals surface area contributed by atoms with Crippen LogP contribution < -0.4 is 5.32 Å². The maximum atomic E-state index is 12.9. The van der Waals surface area contributed by atoms with Crippen LogP contribution in [-0.4, -0.2) is 23.2 Å². The van der Waals surface area contributed by atoms with Gasteiger partial charge in [-0.2, -0.15) is 0 Å². The van der Waals surface area contributed by atoms with Gasteiger partial charge >= 0.3 is 0 Å². The van der Waals surface area contributed by atoms with Crippen molar-refractivity contribution in [2.75, 3.05) is 0 Å². The molecule has 4 heteroatoms. The van der Waals surface area contributed by atoms with E-state index in [-0.39, 0.29) is 35.7 Å². The molecule has 2 fully saturated rings. The minimum absolute atomic E-state index is 0.0345. The van der Waals surface area contributed by atoms with Crippen LogP contribution in [0.15, 0.2) is 24.3 Å². The summed E-state index contributed by atoms with van der Waals surface area (Å²) >= 11 is 0. The van der Waals surface area contributed by atoms with E-state index >= 15 is 0 Å². The fraction of sp³-hybridized carbons (Fsp3) is 0.562. The van der Waals surface area contributed by atoms with E-state index in [1.54, 1.807) is 12.1 Å². The molecule has 2 aliphatic carbocycles. The molecule has 1 amide bonds. The molecule has 0 aliphatic heterocycles. The highest BCUT2D eigenvalue weighted by molar-refractivity contribution is 5.83. The van der Waals surface area contributed by atoms with E-state index in [9.17, 15) is 14.3 Å². The third-order valence-electron chi connectivity index (χ3n) is 4.47. The second kappa shape index (κ2) is 5.52. The molecular formula is C16H20FNO2. The van der Waals surface area contributed by atoms with Gasteiger partial charge in [0, 0.05) is 12.0 Å². The summed E-state index contributed by atoms with van der Waals surface area (Å²) < 4.78 is 12.9. The number of rotatable bonds is 3. The van der Waals surface area contributed by atoms with E-state index in [1.165, 1.54) is 12.1 Å². The molecule has 20 heavy (non-hydrogen) atoms. The molecule has 0 heterocycles. The van der Waals surface area contributed by atoms with Crippen LogP contribution in [0.2, 0.25) is 0 Å². The van der Waals surface area contributed by atoms with E-state index in [4.69, 9.17) is 0 Å². The average molecular weight is 277 g/mol. The summed E-state index contributed by atoms with van der Waals surface area (Å²) in [7, 11) is 0. The Labute approximate surface area is 118 Å². The summed E-state index contributed by atoms with van der Waals surface area (Å²) in [4.78, 5) is 12.2. The van der Waals surface area contributed by atoms with Crippen molar-refractivity contribution in [3.63, 3.8) is 0 Å². The van der Waals surface area contributed by atoms with Gasteiger partial charge < -0.3 is 10.4 Å². The highest BCUT2D eigenvalue weighted by Crippen LogP contribution is 2.47. The Morgan fingerprint density at radius 1 is 1.15 bits per heavy atom. The van der Waals surface area contributed by atoms with Crippen molar-refractivity contribution in [3.05, 3.63) is 35.6 Å². The quantitative estimate of drug-likeness (QED) is 0.891. The number of hydrogen-bond acceptors (Lipinski definition) is 2. The Bertz CT molecular complexity index is 480. The maximum Gasteiger partial charge on any atom is 0.223 e. The Kier molecular flexibility index (Phi) is 3.74. The van der Waals surface area contributed by atoms with Crippen LogP contribution >= 0.6 is 0 Å². The number of carbonyl (C=O) groups excluding carboxylic acids is 1. The van der Waals surface area contributed by atoms with Crippen LogP contribution in [0.3, 0.4) is 0 Å². The van der Waals surface area contributed by atoms with Gasteiger partial charge in [0.1, 0.15) is 5.82 Å². The monoisotopic (exact) mass is 277 g/mol. The van der Waals surface area contributed by atoms with Gasteiger partial charge in [0.15, 0.2) is 0 Å². The molecule has 0 radical (unpaired) electrons. The molecule has 0 spiro atoms. The van der Waals surface area contributed by atoms with Crippen molar-refractivity contribution in [1.82, 2.24) is 5.32 Å². The van der Waals surface area contributed by atoms with Crippen LogP contribution in [-0.2, 0) is 4.79 Å². The zero-order chi connectivity index (χ0) is 14.1. The van der Waals surface area contributed by atoms with Crippen molar-refractivity contribution < 1.29 is 14.3 Å². The average Bonchev–Trinajstić information content (AvgIpc) is 3.23. The summed E-state index contributed by atoms with van der Waals surface area (Å²) in [6, 6.07) is 6.64. The molecule has 0 aromatic heterocycles. The number of benzene rings is 1.